The number of hydrogen-bond acceptors (Lipinski definition) is 2. The molecule has 0 bridgehead atoms. The van der Waals surface area contributed by atoms with Crippen LogP contribution in [0.15, 0.2) is 103 Å². The Morgan fingerprint density at radius 2 is 1.47 bits per heavy atom. The fourth-order valence-electron chi connectivity index (χ4n) is 5.78. The van der Waals surface area contributed by atoms with Crippen LogP contribution >= 0.6 is 0 Å². The molecule has 2 nitrogen and oxygen atoms in total. The van der Waals surface area contributed by atoms with E-state index in [1.807, 2.05) is 0 Å². The molecule has 4 aromatic rings. The Labute approximate surface area is 202 Å². The first kappa shape index (κ1) is 20.8. The first-order valence-corrected chi connectivity index (χ1v) is 12.2. The molecule has 0 spiro atoms. The molecule has 2 heteroatoms. The Bertz CT molecular complexity index is 1270. The van der Waals surface area contributed by atoms with E-state index in [4.69, 9.17) is 4.74 Å². The van der Waals surface area contributed by atoms with Crippen LogP contribution in [0.1, 0.15) is 47.4 Å². The summed E-state index contributed by atoms with van der Waals surface area (Å²) in [4.78, 5) is 2.56. The van der Waals surface area contributed by atoms with Crippen molar-refractivity contribution in [2.24, 2.45) is 0 Å². The summed E-state index contributed by atoms with van der Waals surface area (Å²) in [6.45, 7) is 0. The van der Waals surface area contributed by atoms with E-state index in [2.05, 4.69) is 114 Å². The van der Waals surface area contributed by atoms with Gasteiger partial charge in [-0.15, -0.1) is 0 Å². The fourth-order valence-corrected chi connectivity index (χ4v) is 5.78. The molecule has 2 atom stereocenters. The number of nitrogens with zero attached hydrogens (tertiary/aromatic N) is 1. The first-order chi connectivity index (χ1) is 16.8. The minimum atomic E-state index is 0.547. The monoisotopic (exact) mass is 443 g/mol. The quantitative estimate of drug-likeness (QED) is 0.289. The van der Waals surface area contributed by atoms with E-state index in [9.17, 15) is 0 Å². The van der Waals surface area contributed by atoms with Crippen molar-refractivity contribution >= 4 is 23.0 Å². The predicted molar refractivity (Wildman–Crippen MR) is 142 cm³/mol. The van der Waals surface area contributed by atoms with Crippen molar-refractivity contribution in [1.82, 2.24) is 0 Å². The molecular weight excluding hydrogens is 414 g/mol. The standard InChI is InChI=1S/C32H29NO/c1-34-27-18-16-26(17-19-27)33-31-14-8-13-28(31)30-22-23(15-20-32(30)33)21-29(24-9-4-2-5-10-24)25-11-6-3-7-12-25/h2-7,9-12,15-22,28,31H,8,13-14H2,1H3. The molecule has 1 heterocycles. The summed E-state index contributed by atoms with van der Waals surface area (Å²) in [6.07, 6.45) is 6.16. The number of rotatable bonds is 5. The third-order valence-electron chi connectivity index (χ3n) is 7.35. The maximum absolute atomic E-state index is 5.39. The summed E-state index contributed by atoms with van der Waals surface area (Å²) in [7, 11) is 1.72. The molecule has 6 rings (SSSR count). The second-order valence-electron chi connectivity index (χ2n) is 9.28. The highest BCUT2D eigenvalue weighted by Gasteiger charge is 2.42. The molecule has 0 saturated heterocycles. The topological polar surface area (TPSA) is 12.5 Å². The van der Waals surface area contributed by atoms with E-state index in [-0.39, 0.29) is 0 Å². The van der Waals surface area contributed by atoms with E-state index < -0.39 is 0 Å². The van der Waals surface area contributed by atoms with Gasteiger partial charge < -0.3 is 9.64 Å². The summed E-state index contributed by atoms with van der Waals surface area (Å²) >= 11 is 0. The highest BCUT2D eigenvalue weighted by atomic mass is 16.5. The van der Waals surface area contributed by atoms with Crippen molar-refractivity contribution in [3.05, 3.63) is 125 Å². The van der Waals surface area contributed by atoms with Gasteiger partial charge in [0.25, 0.3) is 0 Å². The van der Waals surface area contributed by atoms with Crippen molar-refractivity contribution in [2.75, 3.05) is 12.0 Å². The normalized spacial score (nSPS) is 18.3. The van der Waals surface area contributed by atoms with E-state index >= 15 is 0 Å². The van der Waals surface area contributed by atoms with Crippen LogP contribution in [0.2, 0.25) is 0 Å². The molecule has 2 unspecified atom stereocenters. The maximum Gasteiger partial charge on any atom is 0.119 e. The Kier molecular flexibility index (Phi) is 5.43. The van der Waals surface area contributed by atoms with Crippen LogP contribution in [-0.2, 0) is 0 Å². The minimum absolute atomic E-state index is 0.547. The van der Waals surface area contributed by atoms with Gasteiger partial charge in [-0.25, -0.2) is 0 Å². The van der Waals surface area contributed by atoms with Crippen LogP contribution < -0.4 is 9.64 Å². The lowest BCUT2D eigenvalue weighted by Crippen LogP contribution is -2.26. The van der Waals surface area contributed by atoms with Gasteiger partial charge in [0.15, 0.2) is 0 Å². The predicted octanol–water partition coefficient (Wildman–Crippen LogP) is 8.07. The van der Waals surface area contributed by atoms with Gasteiger partial charge in [0, 0.05) is 23.3 Å². The van der Waals surface area contributed by atoms with Gasteiger partial charge in [0.1, 0.15) is 5.75 Å². The van der Waals surface area contributed by atoms with E-state index in [1.54, 1.807) is 7.11 Å². The highest BCUT2D eigenvalue weighted by molar-refractivity contribution is 5.92. The first-order valence-electron chi connectivity index (χ1n) is 12.2. The molecular formula is C32H29NO. The van der Waals surface area contributed by atoms with Crippen LogP contribution in [-0.4, -0.2) is 13.2 Å². The second kappa shape index (κ2) is 8.87. The Morgan fingerprint density at radius 3 is 2.12 bits per heavy atom. The zero-order chi connectivity index (χ0) is 22.9. The highest BCUT2D eigenvalue weighted by Crippen LogP contribution is 2.52. The Hall–Kier alpha value is -3.78. The van der Waals surface area contributed by atoms with Crippen LogP contribution in [0.25, 0.3) is 11.6 Å². The Balaban J connectivity index is 1.43. The van der Waals surface area contributed by atoms with Gasteiger partial charge in [-0.1, -0.05) is 73.2 Å². The molecule has 0 radical (unpaired) electrons. The van der Waals surface area contributed by atoms with E-state index in [0.717, 1.165) is 5.75 Å². The fraction of sp³-hybridized carbons (Fsp3) is 0.188. The molecule has 0 N–H and O–H groups in total. The average Bonchev–Trinajstić information content (AvgIpc) is 3.49. The Morgan fingerprint density at radius 1 is 0.794 bits per heavy atom. The lowest BCUT2D eigenvalue weighted by Gasteiger charge is -2.27. The number of methoxy groups -OCH3 is 1. The van der Waals surface area contributed by atoms with E-state index in [1.165, 1.54) is 58.5 Å². The van der Waals surface area contributed by atoms with Crippen molar-refractivity contribution < 1.29 is 4.74 Å². The summed E-state index contributed by atoms with van der Waals surface area (Å²) < 4.78 is 5.39. The lowest BCUT2D eigenvalue weighted by atomic mass is 9.93. The molecule has 34 heavy (non-hydrogen) atoms. The summed E-state index contributed by atoms with van der Waals surface area (Å²) in [5.41, 5.74) is 9.12. The van der Waals surface area contributed by atoms with Crippen molar-refractivity contribution in [2.45, 2.75) is 31.2 Å². The van der Waals surface area contributed by atoms with Gasteiger partial charge in [-0.05, 0) is 83.1 Å². The third-order valence-corrected chi connectivity index (χ3v) is 7.35. The van der Waals surface area contributed by atoms with Crippen LogP contribution in [0.5, 0.6) is 5.75 Å². The molecule has 1 fully saturated rings. The molecule has 2 aliphatic rings. The summed E-state index contributed by atoms with van der Waals surface area (Å²) in [5, 5.41) is 0. The van der Waals surface area contributed by atoms with Crippen LogP contribution in [0, 0.1) is 0 Å². The van der Waals surface area contributed by atoms with Crippen molar-refractivity contribution in [3.63, 3.8) is 0 Å². The smallest absolute Gasteiger partial charge is 0.119 e. The zero-order valence-corrected chi connectivity index (χ0v) is 19.5. The molecule has 4 aromatic carbocycles. The zero-order valence-electron chi connectivity index (χ0n) is 19.5. The van der Waals surface area contributed by atoms with Crippen LogP contribution in [0.4, 0.5) is 11.4 Å². The van der Waals surface area contributed by atoms with Gasteiger partial charge in [0.05, 0.1) is 7.11 Å². The van der Waals surface area contributed by atoms with Crippen molar-refractivity contribution in [3.8, 4) is 5.75 Å². The molecule has 0 amide bonds. The molecule has 1 saturated carbocycles. The number of hydrogen-bond donors (Lipinski definition) is 0. The second-order valence-corrected chi connectivity index (χ2v) is 9.28. The number of benzene rings is 4. The summed E-state index contributed by atoms with van der Waals surface area (Å²) in [6, 6.07) is 37.5. The van der Waals surface area contributed by atoms with Crippen LogP contribution in [0.3, 0.4) is 0 Å². The largest absolute Gasteiger partial charge is 0.497 e. The van der Waals surface area contributed by atoms with Gasteiger partial charge >= 0.3 is 0 Å². The molecule has 1 aliphatic carbocycles. The third kappa shape index (κ3) is 3.70. The van der Waals surface area contributed by atoms with E-state index in [0.29, 0.717) is 12.0 Å². The maximum atomic E-state index is 5.39. The van der Waals surface area contributed by atoms with Gasteiger partial charge in [0.2, 0.25) is 0 Å². The number of anilines is 2. The molecule has 168 valence electrons. The molecule has 1 aliphatic heterocycles. The lowest BCUT2D eigenvalue weighted by molar-refractivity contribution is 0.415. The average molecular weight is 444 g/mol. The molecule has 0 aromatic heterocycles. The van der Waals surface area contributed by atoms with Crippen molar-refractivity contribution in [1.29, 1.82) is 0 Å². The minimum Gasteiger partial charge on any atom is -0.497 e. The summed E-state index contributed by atoms with van der Waals surface area (Å²) in [5.74, 6) is 1.50. The van der Waals surface area contributed by atoms with Gasteiger partial charge in [-0.2, -0.15) is 0 Å². The number of fused-ring (bicyclic) bond motifs is 3. The SMILES string of the molecule is COc1ccc(N2c3ccc(C=C(c4ccccc4)c4ccccc4)cc3C3CCCC32)cc1. The number of ether oxygens (including phenoxy) is 1. The van der Waals surface area contributed by atoms with Gasteiger partial charge in [-0.3, -0.25) is 0 Å².